The van der Waals surface area contributed by atoms with Crippen molar-refractivity contribution in [2.75, 3.05) is 18.6 Å². The molecule has 1 aliphatic heterocycles. The fourth-order valence-electron chi connectivity index (χ4n) is 1.23. The van der Waals surface area contributed by atoms with Crippen LogP contribution < -0.4 is 5.32 Å². The highest BCUT2D eigenvalue weighted by atomic mass is 32.2. The summed E-state index contributed by atoms with van der Waals surface area (Å²) in [4.78, 5) is 4.35. The lowest BCUT2D eigenvalue weighted by Crippen LogP contribution is -2.32. The molecule has 0 aromatic rings. The summed E-state index contributed by atoms with van der Waals surface area (Å²) in [5.74, 6) is 2.38. The van der Waals surface area contributed by atoms with Crippen LogP contribution in [0.3, 0.4) is 0 Å². The van der Waals surface area contributed by atoms with Gasteiger partial charge in [-0.15, -0.1) is 0 Å². The number of thioether (sulfide) groups is 1. The second-order valence-corrected chi connectivity index (χ2v) is 3.84. The van der Waals surface area contributed by atoms with Gasteiger partial charge in [0.1, 0.15) is 0 Å². The topological polar surface area (TPSA) is 24.4 Å². The quantitative estimate of drug-likeness (QED) is 0.698. The van der Waals surface area contributed by atoms with E-state index in [0.717, 1.165) is 13.0 Å². The lowest BCUT2D eigenvalue weighted by molar-refractivity contribution is 0.736. The van der Waals surface area contributed by atoms with Gasteiger partial charge < -0.3 is 5.32 Å². The Bertz CT molecular complexity index is 145. The number of hydrogen-bond acceptors (Lipinski definition) is 3. The van der Waals surface area contributed by atoms with E-state index in [2.05, 4.69) is 23.5 Å². The van der Waals surface area contributed by atoms with Gasteiger partial charge in [-0.3, -0.25) is 4.99 Å². The molecule has 0 saturated heterocycles. The van der Waals surface area contributed by atoms with E-state index in [4.69, 9.17) is 0 Å². The highest BCUT2D eigenvalue weighted by molar-refractivity contribution is 7.98. The molecule has 1 atom stereocenters. The van der Waals surface area contributed by atoms with Crippen LogP contribution in [0, 0.1) is 0 Å². The van der Waals surface area contributed by atoms with Crippen molar-refractivity contribution in [3.63, 3.8) is 0 Å². The first kappa shape index (κ1) is 8.91. The van der Waals surface area contributed by atoms with Crippen LogP contribution in [0.5, 0.6) is 0 Å². The highest BCUT2D eigenvalue weighted by Gasteiger charge is 2.08. The third kappa shape index (κ3) is 3.14. The zero-order chi connectivity index (χ0) is 8.10. The van der Waals surface area contributed by atoms with E-state index in [1.54, 1.807) is 0 Å². The highest BCUT2D eigenvalue weighted by Crippen LogP contribution is 2.03. The van der Waals surface area contributed by atoms with E-state index >= 15 is 0 Å². The normalized spacial score (nSPS) is 19.6. The van der Waals surface area contributed by atoms with Gasteiger partial charge in [-0.1, -0.05) is 0 Å². The van der Waals surface area contributed by atoms with Crippen molar-refractivity contribution in [1.29, 1.82) is 0 Å². The third-order valence-corrected chi connectivity index (χ3v) is 2.54. The SMILES string of the molecule is CSCC(C)NC1=NCCC1. The van der Waals surface area contributed by atoms with Crippen LogP contribution >= 0.6 is 11.8 Å². The number of nitrogens with zero attached hydrogens (tertiary/aromatic N) is 1. The molecule has 0 spiro atoms. The lowest BCUT2D eigenvalue weighted by atomic mass is 10.3. The van der Waals surface area contributed by atoms with Gasteiger partial charge in [0.2, 0.25) is 0 Å². The molecule has 0 aromatic heterocycles. The van der Waals surface area contributed by atoms with Crippen LogP contribution in [0.1, 0.15) is 19.8 Å². The fraction of sp³-hybridized carbons (Fsp3) is 0.875. The monoisotopic (exact) mass is 172 g/mol. The number of amidine groups is 1. The predicted octanol–water partition coefficient (Wildman–Crippen LogP) is 1.52. The van der Waals surface area contributed by atoms with Gasteiger partial charge >= 0.3 is 0 Å². The summed E-state index contributed by atoms with van der Waals surface area (Å²) in [5.41, 5.74) is 0. The molecule has 11 heavy (non-hydrogen) atoms. The number of hydrogen-bond donors (Lipinski definition) is 1. The van der Waals surface area contributed by atoms with Gasteiger partial charge in [0, 0.05) is 24.8 Å². The van der Waals surface area contributed by atoms with Crippen LogP contribution in [0.25, 0.3) is 0 Å². The molecular weight excluding hydrogens is 156 g/mol. The van der Waals surface area contributed by atoms with Crippen molar-refractivity contribution >= 4 is 17.6 Å². The molecule has 64 valence electrons. The minimum Gasteiger partial charge on any atom is -0.371 e. The van der Waals surface area contributed by atoms with Gasteiger partial charge in [0.05, 0.1) is 5.84 Å². The second-order valence-electron chi connectivity index (χ2n) is 2.93. The van der Waals surface area contributed by atoms with Crippen LogP contribution in [-0.4, -0.2) is 30.4 Å². The van der Waals surface area contributed by atoms with E-state index in [1.807, 2.05) is 11.8 Å². The maximum absolute atomic E-state index is 4.35. The molecule has 1 rings (SSSR count). The van der Waals surface area contributed by atoms with Gasteiger partial charge in [0.15, 0.2) is 0 Å². The molecule has 1 unspecified atom stereocenters. The van der Waals surface area contributed by atoms with Gasteiger partial charge in [-0.2, -0.15) is 11.8 Å². The maximum atomic E-state index is 4.35. The van der Waals surface area contributed by atoms with Crippen LogP contribution in [0.2, 0.25) is 0 Å². The molecular formula is C8H16N2S. The van der Waals surface area contributed by atoms with Crippen molar-refractivity contribution in [1.82, 2.24) is 5.32 Å². The van der Waals surface area contributed by atoms with E-state index in [-0.39, 0.29) is 0 Å². The molecule has 1 heterocycles. The molecule has 1 N–H and O–H groups in total. The molecule has 0 bridgehead atoms. The van der Waals surface area contributed by atoms with Crippen LogP contribution in [-0.2, 0) is 0 Å². The Labute approximate surface area is 72.9 Å². The zero-order valence-corrected chi connectivity index (χ0v) is 8.08. The smallest absolute Gasteiger partial charge is 0.0966 e. The van der Waals surface area contributed by atoms with Crippen LogP contribution in [0.4, 0.5) is 0 Å². The average molecular weight is 172 g/mol. The molecule has 3 heteroatoms. The van der Waals surface area contributed by atoms with Gasteiger partial charge in [0.25, 0.3) is 0 Å². The molecule has 0 saturated carbocycles. The third-order valence-electron chi connectivity index (χ3n) is 1.70. The first-order valence-corrected chi connectivity index (χ1v) is 5.51. The van der Waals surface area contributed by atoms with Crippen molar-refractivity contribution < 1.29 is 0 Å². The second kappa shape index (κ2) is 4.65. The first-order valence-electron chi connectivity index (χ1n) is 4.11. The number of aliphatic imine (C=N–C) groups is 1. The van der Waals surface area contributed by atoms with E-state index in [0.29, 0.717) is 6.04 Å². The molecule has 0 aromatic carbocycles. The standard InChI is InChI=1S/C8H16N2S/c1-7(6-11-2)10-8-4-3-5-9-8/h7H,3-6H2,1-2H3,(H,9,10). The minimum atomic E-state index is 0.571. The molecule has 0 aliphatic carbocycles. The Hall–Kier alpha value is -0.180. The number of nitrogens with one attached hydrogen (secondary N) is 1. The van der Waals surface area contributed by atoms with Gasteiger partial charge in [-0.25, -0.2) is 0 Å². The summed E-state index contributed by atoms with van der Waals surface area (Å²) < 4.78 is 0. The Balaban J connectivity index is 2.18. The van der Waals surface area contributed by atoms with E-state index in [1.165, 1.54) is 18.0 Å². The Kier molecular flexibility index (Phi) is 3.77. The Morgan fingerprint density at radius 3 is 3.09 bits per heavy atom. The molecule has 0 radical (unpaired) electrons. The maximum Gasteiger partial charge on any atom is 0.0966 e. The van der Waals surface area contributed by atoms with Gasteiger partial charge in [-0.05, 0) is 19.6 Å². The minimum absolute atomic E-state index is 0.571. The molecule has 1 aliphatic rings. The summed E-state index contributed by atoms with van der Waals surface area (Å²) in [5, 5.41) is 3.41. The molecule has 0 amide bonds. The average Bonchev–Trinajstić information content (AvgIpc) is 2.40. The molecule has 2 nitrogen and oxygen atoms in total. The van der Waals surface area contributed by atoms with Crippen molar-refractivity contribution in [2.45, 2.75) is 25.8 Å². The summed E-state index contributed by atoms with van der Waals surface area (Å²) in [6.07, 6.45) is 4.52. The summed E-state index contributed by atoms with van der Waals surface area (Å²) in [6.45, 7) is 3.23. The lowest BCUT2D eigenvalue weighted by Gasteiger charge is -2.12. The largest absolute Gasteiger partial charge is 0.371 e. The van der Waals surface area contributed by atoms with Crippen molar-refractivity contribution in [3.05, 3.63) is 0 Å². The van der Waals surface area contributed by atoms with Crippen molar-refractivity contribution in [3.8, 4) is 0 Å². The summed E-state index contributed by atoms with van der Waals surface area (Å²) in [7, 11) is 0. The van der Waals surface area contributed by atoms with Crippen LogP contribution in [0.15, 0.2) is 4.99 Å². The first-order chi connectivity index (χ1) is 5.33. The van der Waals surface area contributed by atoms with E-state index < -0.39 is 0 Å². The zero-order valence-electron chi connectivity index (χ0n) is 7.26. The molecule has 0 fully saturated rings. The predicted molar refractivity (Wildman–Crippen MR) is 52.5 cm³/mol. The summed E-state index contributed by atoms with van der Waals surface area (Å²) in [6, 6.07) is 0.571. The van der Waals surface area contributed by atoms with Crippen molar-refractivity contribution in [2.24, 2.45) is 4.99 Å². The van der Waals surface area contributed by atoms with E-state index in [9.17, 15) is 0 Å². The summed E-state index contributed by atoms with van der Waals surface area (Å²) >= 11 is 1.88. The Morgan fingerprint density at radius 2 is 2.55 bits per heavy atom. The fourth-order valence-corrected chi connectivity index (χ4v) is 1.82. The Morgan fingerprint density at radius 1 is 1.73 bits per heavy atom. The number of rotatable bonds is 3.